The molecular weight excluding hydrogens is 356 g/mol. The minimum absolute atomic E-state index is 0.0885. The van der Waals surface area contributed by atoms with Crippen molar-refractivity contribution in [3.63, 3.8) is 0 Å². The molecule has 0 atom stereocenters. The number of carbonyl (C=O) groups is 1. The molecule has 0 saturated carbocycles. The molecule has 144 valence electrons. The summed E-state index contributed by atoms with van der Waals surface area (Å²) in [4.78, 5) is 37.4. The second-order valence-electron chi connectivity index (χ2n) is 6.91. The van der Waals surface area contributed by atoms with Crippen LogP contribution in [0.4, 0.5) is 0 Å². The van der Waals surface area contributed by atoms with Crippen molar-refractivity contribution in [2.75, 3.05) is 32.7 Å². The molecule has 1 fully saturated rings. The maximum Gasteiger partial charge on any atom is 0.274 e. The van der Waals surface area contributed by atoms with Crippen LogP contribution in [-0.4, -0.2) is 68.2 Å². The van der Waals surface area contributed by atoms with Gasteiger partial charge in [0.2, 0.25) is 0 Å². The van der Waals surface area contributed by atoms with Crippen LogP contribution in [0.1, 0.15) is 16.2 Å². The van der Waals surface area contributed by atoms with E-state index in [9.17, 15) is 9.59 Å². The van der Waals surface area contributed by atoms with Gasteiger partial charge in [0.05, 0.1) is 29.5 Å². The molecule has 0 aliphatic carbocycles. The molecule has 0 radical (unpaired) electrons. The van der Waals surface area contributed by atoms with Gasteiger partial charge in [0.15, 0.2) is 0 Å². The van der Waals surface area contributed by atoms with Crippen LogP contribution in [0.3, 0.4) is 0 Å². The molecule has 1 aromatic carbocycles. The number of fused-ring (bicyclic) bond motifs is 1. The van der Waals surface area contributed by atoms with Crippen molar-refractivity contribution in [3.05, 3.63) is 64.3 Å². The fraction of sp³-hybridized carbons (Fsp3) is 0.350. The lowest BCUT2D eigenvalue weighted by Gasteiger charge is -2.34. The van der Waals surface area contributed by atoms with Crippen molar-refractivity contribution < 1.29 is 4.79 Å². The van der Waals surface area contributed by atoms with Gasteiger partial charge in [-0.2, -0.15) is 5.10 Å². The van der Waals surface area contributed by atoms with Crippen LogP contribution in [0, 0.1) is 6.92 Å². The van der Waals surface area contributed by atoms with Crippen LogP contribution >= 0.6 is 0 Å². The second-order valence-corrected chi connectivity index (χ2v) is 6.91. The molecule has 1 aliphatic rings. The third-order valence-electron chi connectivity index (χ3n) is 4.96. The number of benzene rings is 1. The van der Waals surface area contributed by atoms with Gasteiger partial charge < -0.3 is 4.90 Å². The number of piperazine rings is 1. The highest BCUT2D eigenvalue weighted by Gasteiger charge is 2.23. The normalized spacial score (nSPS) is 15.1. The van der Waals surface area contributed by atoms with Crippen molar-refractivity contribution in [2.45, 2.75) is 13.5 Å². The summed E-state index contributed by atoms with van der Waals surface area (Å²) in [5.41, 5.74) is 2.62. The Bertz CT molecular complexity index is 1060. The lowest BCUT2D eigenvalue weighted by molar-refractivity contribution is 0.0625. The second kappa shape index (κ2) is 7.85. The van der Waals surface area contributed by atoms with Gasteiger partial charge in [-0.05, 0) is 25.1 Å². The minimum Gasteiger partial charge on any atom is -0.335 e. The van der Waals surface area contributed by atoms with Crippen LogP contribution < -0.4 is 5.56 Å². The molecule has 1 aliphatic heterocycles. The molecule has 3 heterocycles. The standard InChI is InChI=1S/C20H22N6O2/c1-15-6-7-19(27)26(23-15)13-10-24-8-11-25(12-9-24)20(28)18-14-21-16-4-2-3-5-17(16)22-18/h2-7,14H,8-13H2,1H3. The van der Waals surface area contributed by atoms with E-state index in [1.54, 1.807) is 18.3 Å². The number of aromatic nitrogens is 4. The van der Waals surface area contributed by atoms with E-state index in [4.69, 9.17) is 0 Å². The molecule has 0 N–H and O–H groups in total. The van der Waals surface area contributed by atoms with E-state index in [0.29, 0.717) is 25.3 Å². The van der Waals surface area contributed by atoms with E-state index in [-0.39, 0.29) is 11.5 Å². The Kier molecular flexibility index (Phi) is 5.12. The van der Waals surface area contributed by atoms with E-state index < -0.39 is 0 Å². The summed E-state index contributed by atoms with van der Waals surface area (Å²) < 4.78 is 1.50. The summed E-state index contributed by atoms with van der Waals surface area (Å²) in [6, 6.07) is 10.8. The molecule has 3 aromatic rings. The van der Waals surface area contributed by atoms with Gasteiger partial charge in [0.1, 0.15) is 5.69 Å². The van der Waals surface area contributed by atoms with Gasteiger partial charge >= 0.3 is 0 Å². The number of amides is 1. The summed E-state index contributed by atoms with van der Waals surface area (Å²) in [7, 11) is 0. The number of aryl methyl sites for hydroxylation is 1. The van der Waals surface area contributed by atoms with Gasteiger partial charge in [-0.25, -0.2) is 9.67 Å². The SMILES string of the molecule is Cc1ccc(=O)n(CCN2CCN(C(=O)c3cnc4ccccc4n3)CC2)n1. The van der Waals surface area contributed by atoms with Crippen molar-refractivity contribution in [2.24, 2.45) is 0 Å². The first-order valence-corrected chi connectivity index (χ1v) is 9.38. The first-order valence-electron chi connectivity index (χ1n) is 9.38. The van der Waals surface area contributed by atoms with E-state index in [0.717, 1.165) is 36.4 Å². The van der Waals surface area contributed by atoms with Crippen LogP contribution in [0.25, 0.3) is 11.0 Å². The fourth-order valence-corrected chi connectivity index (χ4v) is 3.34. The van der Waals surface area contributed by atoms with Crippen LogP contribution in [-0.2, 0) is 6.54 Å². The highest BCUT2D eigenvalue weighted by Crippen LogP contribution is 2.11. The van der Waals surface area contributed by atoms with Gasteiger partial charge in [-0.3, -0.25) is 19.5 Å². The van der Waals surface area contributed by atoms with E-state index in [1.807, 2.05) is 36.1 Å². The summed E-state index contributed by atoms with van der Waals surface area (Å²) in [5, 5.41) is 4.26. The van der Waals surface area contributed by atoms with Gasteiger partial charge in [0.25, 0.3) is 11.5 Å². The number of nitrogens with zero attached hydrogens (tertiary/aromatic N) is 6. The fourth-order valence-electron chi connectivity index (χ4n) is 3.34. The third-order valence-corrected chi connectivity index (χ3v) is 4.96. The molecule has 4 rings (SSSR count). The highest BCUT2D eigenvalue weighted by molar-refractivity contribution is 5.93. The number of hydrogen-bond acceptors (Lipinski definition) is 6. The van der Waals surface area contributed by atoms with Crippen LogP contribution in [0.2, 0.25) is 0 Å². The predicted octanol–water partition coefficient (Wildman–Crippen LogP) is 0.953. The maximum absolute atomic E-state index is 12.8. The summed E-state index contributed by atoms with van der Waals surface area (Å²) in [6.07, 6.45) is 1.55. The van der Waals surface area contributed by atoms with Crippen molar-refractivity contribution in [1.82, 2.24) is 29.5 Å². The highest BCUT2D eigenvalue weighted by atomic mass is 16.2. The molecule has 0 bridgehead atoms. The molecule has 2 aromatic heterocycles. The average Bonchev–Trinajstić information content (AvgIpc) is 2.74. The topological polar surface area (TPSA) is 84.2 Å². The Hall–Kier alpha value is -3.13. The minimum atomic E-state index is -0.0886. The maximum atomic E-state index is 12.8. The zero-order valence-electron chi connectivity index (χ0n) is 15.8. The van der Waals surface area contributed by atoms with E-state index >= 15 is 0 Å². The lowest BCUT2D eigenvalue weighted by atomic mass is 10.2. The zero-order chi connectivity index (χ0) is 19.5. The smallest absolute Gasteiger partial charge is 0.274 e. The average molecular weight is 378 g/mol. The van der Waals surface area contributed by atoms with E-state index in [2.05, 4.69) is 20.0 Å². The van der Waals surface area contributed by atoms with Crippen LogP contribution in [0.15, 0.2) is 47.4 Å². The quantitative estimate of drug-likeness (QED) is 0.672. The summed E-state index contributed by atoms with van der Waals surface area (Å²) in [6.45, 7) is 5.92. The first kappa shape index (κ1) is 18.2. The Morgan fingerprint density at radius 1 is 1.00 bits per heavy atom. The third kappa shape index (κ3) is 3.91. The van der Waals surface area contributed by atoms with Gasteiger partial charge in [-0.15, -0.1) is 0 Å². The summed E-state index contributed by atoms with van der Waals surface area (Å²) in [5.74, 6) is -0.0885. The van der Waals surface area contributed by atoms with Gasteiger partial charge in [0, 0.05) is 38.8 Å². The molecule has 28 heavy (non-hydrogen) atoms. The molecular formula is C20H22N6O2. The Labute approximate surface area is 162 Å². The predicted molar refractivity (Wildman–Crippen MR) is 105 cm³/mol. The van der Waals surface area contributed by atoms with Crippen LogP contribution in [0.5, 0.6) is 0 Å². The number of rotatable bonds is 4. The molecule has 0 unspecified atom stereocenters. The van der Waals surface area contributed by atoms with Gasteiger partial charge in [-0.1, -0.05) is 12.1 Å². The molecule has 8 heteroatoms. The molecule has 0 spiro atoms. The first-order chi connectivity index (χ1) is 13.6. The van der Waals surface area contributed by atoms with E-state index in [1.165, 1.54) is 4.68 Å². The number of para-hydroxylation sites is 2. The van der Waals surface area contributed by atoms with Crippen molar-refractivity contribution in [1.29, 1.82) is 0 Å². The molecule has 8 nitrogen and oxygen atoms in total. The molecule has 1 amide bonds. The number of hydrogen-bond donors (Lipinski definition) is 0. The van der Waals surface area contributed by atoms with Crippen molar-refractivity contribution >= 4 is 16.9 Å². The Morgan fingerprint density at radius 3 is 2.54 bits per heavy atom. The molecule has 1 saturated heterocycles. The lowest BCUT2D eigenvalue weighted by Crippen LogP contribution is -2.49. The number of carbonyl (C=O) groups excluding carboxylic acids is 1. The Balaban J connectivity index is 1.34. The monoisotopic (exact) mass is 378 g/mol. The summed E-state index contributed by atoms with van der Waals surface area (Å²) >= 11 is 0. The van der Waals surface area contributed by atoms with Crippen molar-refractivity contribution in [3.8, 4) is 0 Å². The Morgan fingerprint density at radius 2 is 1.75 bits per heavy atom. The zero-order valence-corrected chi connectivity index (χ0v) is 15.8. The largest absolute Gasteiger partial charge is 0.335 e.